The van der Waals surface area contributed by atoms with E-state index in [1.165, 1.54) is 72.0 Å². The molecule has 2 spiro atoms. The van der Waals surface area contributed by atoms with Crippen molar-refractivity contribution in [2.75, 3.05) is 20.8 Å². The van der Waals surface area contributed by atoms with Crippen molar-refractivity contribution in [1.82, 2.24) is 0 Å². The van der Waals surface area contributed by atoms with Crippen molar-refractivity contribution in [1.29, 1.82) is 0 Å². The molecule has 22 aliphatic rings. The minimum Gasteiger partial charge on any atom is -0.466 e. The number of methoxy groups -OCH3 is 2. The quantitative estimate of drug-likeness (QED) is 0.0848. The molecule has 34 atom stereocenters. The van der Waals surface area contributed by atoms with E-state index >= 15 is 0 Å². The molecule has 116 heavy (non-hydrogen) atoms. The Hall–Kier alpha value is -7.96. The third-order valence-electron chi connectivity index (χ3n) is 31.8. The van der Waals surface area contributed by atoms with Crippen LogP contribution in [0.15, 0.2) is 73.9 Å². The molecule has 8 heterocycles. The van der Waals surface area contributed by atoms with Crippen LogP contribution in [0.4, 0.5) is 0 Å². The summed E-state index contributed by atoms with van der Waals surface area (Å²) in [5.74, 6) is 9.79. The van der Waals surface area contributed by atoms with Gasteiger partial charge in [0, 0.05) is 76.4 Å². The average Bonchev–Trinajstić information content (AvgIpc) is 1.52. The van der Waals surface area contributed by atoms with Crippen LogP contribution < -0.4 is 0 Å². The third kappa shape index (κ3) is 14.1. The zero-order chi connectivity index (χ0) is 83.8. The van der Waals surface area contributed by atoms with Crippen LogP contribution >= 0.6 is 0 Å². The van der Waals surface area contributed by atoms with Crippen molar-refractivity contribution in [3.05, 3.63) is 73.9 Å². The maximum absolute atomic E-state index is 12.6. The molecule has 14 saturated carbocycles. The minimum atomic E-state index is -0.601. The Kier molecular flexibility index (Phi) is 23.0. The standard InChI is InChI=1S/C17H24O2.C15H20O2.2C13H16O4.C12H14O4.C11H12O5.2C4H6O2.C2H6/c1-16(2)8-17(15(18)19-16)7-11-6-12(17)14-10-4-3-9(5-10)13(11)14;16-14-15(3-4-17-14)7-10-6-11(15)13-9-2-1-8(5-9)12(10)13;1-6(2)11(14)16-9-7-4-8-10(9)17-12(15)13(8,3)5-7;1-6(2)11(14)16-10-7-4-8-9(5-7)13(10,3)17-12(8)15;1-5(2)11(13)15-9-6-3-7-8(4-6)12(14)16-10(7)9;1-4(2)10(12)15-8-6-3-5-7(14-6)9(8)16-11(5)13;2*1-3-4(5)6-2;1-2/h9-14H,3-8H2,1-2H3;8-13H,1-7H2;2*7-10H,1,4-5H2,2-3H3;6-10H,1,3-4H2,2H3;5-9H,1,3H2,2H3;2*3H,1H2,2H3;1-2H3. The Morgan fingerprint density at radius 3 is 1.42 bits per heavy atom. The van der Waals surface area contributed by atoms with Gasteiger partial charge < -0.3 is 61.6 Å². The Morgan fingerprint density at radius 1 is 0.431 bits per heavy atom. The average molecular weight is 1610 g/mol. The predicted octanol–water partition coefficient (Wildman–Crippen LogP) is 11.9. The lowest BCUT2D eigenvalue weighted by molar-refractivity contribution is -0.171. The Labute approximate surface area is 680 Å². The molecule has 25 heteroatoms. The lowest BCUT2D eigenvalue weighted by Gasteiger charge is -2.42. The maximum atomic E-state index is 12.6. The van der Waals surface area contributed by atoms with Crippen molar-refractivity contribution in [3.8, 4) is 0 Å². The molecule has 0 N–H and O–H groups in total. The number of carbonyl (C=O) groups is 12. The van der Waals surface area contributed by atoms with Crippen molar-refractivity contribution in [3.63, 3.8) is 0 Å². The van der Waals surface area contributed by atoms with Gasteiger partial charge in [0.1, 0.15) is 47.8 Å². The molecule has 8 aliphatic heterocycles. The van der Waals surface area contributed by atoms with E-state index in [0.717, 1.165) is 129 Å². The maximum Gasteiger partial charge on any atom is 0.333 e. The summed E-state index contributed by atoms with van der Waals surface area (Å²) in [5, 5.41) is 0. The Morgan fingerprint density at radius 2 is 0.914 bits per heavy atom. The van der Waals surface area contributed by atoms with Crippen molar-refractivity contribution < 1.29 is 119 Å². The zero-order valence-electron chi connectivity index (χ0n) is 69.6. The number of carbonyl (C=O) groups excluding carboxylic acids is 12. The summed E-state index contributed by atoms with van der Waals surface area (Å²) in [5.41, 5.74) is 0.284. The monoisotopic (exact) mass is 1610 g/mol. The van der Waals surface area contributed by atoms with Gasteiger partial charge in [0.15, 0.2) is 12.2 Å². The summed E-state index contributed by atoms with van der Waals surface area (Å²) in [7, 11) is 2.62. The van der Waals surface area contributed by atoms with E-state index in [4.69, 9.17) is 52.1 Å². The van der Waals surface area contributed by atoms with Gasteiger partial charge in [-0.1, -0.05) is 53.3 Å². The first-order valence-corrected chi connectivity index (χ1v) is 42.7. The van der Waals surface area contributed by atoms with Crippen LogP contribution in [-0.2, 0) is 119 Å². The van der Waals surface area contributed by atoms with E-state index < -0.39 is 35.7 Å². The Balaban J connectivity index is 0.000000111. The van der Waals surface area contributed by atoms with Gasteiger partial charge >= 0.3 is 71.6 Å². The summed E-state index contributed by atoms with van der Waals surface area (Å²) in [6.07, 6.45) is 21.4. The van der Waals surface area contributed by atoms with Gasteiger partial charge in [-0.25, -0.2) is 28.8 Å². The lowest BCUT2D eigenvalue weighted by Crippen LogP contribution is -2.46. The second kappa shape index (κ2) is 31.6. The normalized spacial score (nSPS) is 45.1. The first kappa shape index (κ1) is 84.5. The van der Waals surface area contributed by atoms with Crippen LogP contribution in [-0.4, -0.2) is 159 Å². The highest BCUT2D eigenvalue weighted by atomic mass is 16.7. The predicted molar refractivity (Wildman–Crippen MR) is 412 cm³/mol. The number of hydrogen-bond donors (Lipinski definition) is 0. The second-order valence-corrected chi connectivity index (χ2v) is 38.6. The Bertz CT molecular complexity index is 4000. The van der Waals surface area contributed by atoms with Gasteiger partial charge in [0.2, 0.25) is 0 Å². The van der Waals surface area contributed by atoms with E-state index in [9.17, 15) is 57.5 Å². The number of rotatable bonds is 10. The van der Waals surface area contributed by atoms with Crippen LogP contribution in [0.2, 0.25) is 0 Å². The van der Waals surface area contributed by atoms with Crippen molar-refractivity contribution >= 4 is 71.6 Å². The molecule has 25 nitrogen and oxygen atoms in total. The number of hydrogen-bond acceptors (Lipinski definition) is 25. The molecule has 14 aliphatic carbocycles. The van der Waals surface area contributed by atoms with E-state index in [1.54, 1.807) is 27.7 Å². The largest absolute Gasteiger partial charge is 0.466 e. The fourth-order valence-electron chi connectivity index (χ4n) is 27.7. The number of cyclic esters (lactones) is 2. The number of ether oxygens (including phenoxy) is 13. The van der Waals surface area contributed by atoms with Gasteiger partial charge in [0.25, 0.3) is 0 Å². The molecule has 0 aromatic carbocycles. The van der Waals surface area contributed by atoms with Crippen molar-refractivity contribution in [2.24, 2.45) is 141 Å². The number of esters is 12. The summed E-state index contributed by atoms with van der Waals surface area (Å²) in [6, 6.07) is 0. The van der Waals surface area contributed by atoms with Gasteiger partial charge in [-0.05, 0) is 242 Å². The molecular formula is C91H120O25. The molecule has 0 aromatic heterocycles. The van der Waals surface area contributed by atoms with Gasteiger partial charge in [0.05, 0.1) is 60.9 Å². The SMILES string of the molecule is C=C(C)C(=O)OC1C2CC3C(=O)OC1(C)C3C2.C=C(C)C(=O)OC1C2CC3C(=O)OC1C3C2.C=C(C)C(=O)OC1C2CC3C(=O)OC1C3O2.C=C(C)C(=O)OC1C2CC3C1OC(=O)C3(C)C2.C=CC(=O)OC.C=CC(=O)OC.CC.CC1(C)CC2(CC3CC2C2C4CCC(C4)C32)C(=O)O1.O=C1OCCC12CC1CC2C2C3CCC(C3)C12. The zero-order valence-corrected chi connectivity index (χ0v) is 69.6. The van der Waals surface area contributed by atoms with E-state index in [2.05, 4.69) is 62.8 Å². The fourth-order valence-corrected chi connectivity index (χ4v) is 27.7. The lowest BCUT2D eigenvalue weighted by atomic mass is 9.59. The van der Waals surface area contributed by atoms with E-state index in [-0.39, 0.29) is 166 Å². The molecule has 16 bridgehead atoms. The topological polar surface area (TPSA) is 325 Å². The van der Waals surface area contributed by atoms with Crippen LogP contribution in [0.25, 0.3) is 0 Å². The number of fused-ring (bicyclic) bond motifs is 24. The van der Waals surface area contributed by atoms with Gasteiger partial charge in [-0.3, -0.25) is 28.8 Å². The molecule has 0 amide bonds. The molecule has 34 unspecified atom stereocenters. The summed E-state index contributed by atoms with van der Waals surface area (Å²) < 4.78 is 67.7. The minimum absolute atomic E-state index is 0.00366. The van der Waals surface area contributed by atoms with Crippen LogP contribution in [0.5, 0.6) is 0 Å². The second-order valence-electron chi connectivity index (χ2n) is 38.6. The van der Waals surface area contributed by atoms with Gasteiger partial charge in [-0.2, -0.15) is 0 Å². The van der Waals surface area contributed by atoms with Crippen LogP contribution in [0, 0.1) is 141 Å². The first-order valence-electron chi connectivity index (χ1n) is 42.7. The van der Waals surface area contributed by atoms with Crippen molar-refractivity contribution in [2.45, 2.75) is 257 Å². The smallest absolute Gasteiger partial charge is 0.333 e. The molecular weight excluding hydrogens is 1490 g/mol. The summed E-state index contributed by atoms with van der Waals surface area (Å²) >= 11 is 0. The molecule has 0 radical (unpaired) electrons. The van der Waals surface area contributed by atoms with Crippen LogP contribution in [0.3, 0.4) is 0 Å². The van der Waals surface area contributed by atoms with Crippen LogP contribution in [0.1, 0.15) is 191 Å². The summed E-state index contributed by atoms with van der Waals surface area (Å²) in [4.78, 5) is 137. The van der Waals surface area contributed by atoms with Gasteiger partial charge in [-0.15, -0.1) is 0 Å². The van der Waals surface area contributed by atoms with E-state index in [0.29, 0.717) is 53.1 Å². The third-order valence-corrected chi connectivity index (χ3v) is 31.8. The molecule has 22 rings (SSSR count). The molecule has 22 fully saturated rings. The molecule has 0 aromatic rings. The highest BCUT2D eigenvalue weighted by Gasteiger charge is 2.75. The fraction of sp³-hybridized carbons (Fsp3) is 0.736. The first-order chi connectivity index (χ1) is 54.9. The molecule has 8 saturated heterocycles. The van der Waals surface area contributed by atoms with E-state index in [1.807, 2.05) is 27.7 Å². The highest BCUT2D eigenvalue weighted by molar-refractivity contribution is 5.90. The summed E-state index contributed by atoms with van der Waals surface area (Å²) in [6.45, 7) is 39.7. The molecule has 634 valence electrons. The highest BCUT2D eigenvalue weighted by Crippen LogP contribution is 2.76.